The van der Waals surface area contributed by atoms with E-state index in [9.17, 15) is 0 Å². The molecule has 0 amide bonds. The molecule has 2 saturated heterocycles. The summed E-state index contributed by atoms with van der Waals surface area (Å²) in [6.07, 6.45) is 3.85. The van der Waals surface area contributed by atoms with E-state index in [1.807, 2.05) is 0 Å². The van der Waals surface area contributed by atoms with Gasteiger partial charge in [-0.15, -0.1) is 0 Å². The fourth-order valence-corrected chi connectivity index (χ4v) is 3.36. The minimum Gasteiger partial charge on any atom is -0.378 e. The van der Waals surface area contributed by atoms with E-state index in [4.69, 9.17) is 15.2 Å². The molecule has 3 fully saturated rings. The second kappa shape index (κ2) is 5.45. The van der Waals surface area contributed by atoms with Crippen LogP contribution < -0.4 is 5.73 Å². The van der Waals surface area contributed by atoms with Gasteiger partial charge in [0.05, 0.1) is 32.0 Å². The predicted molar refractivity (Wildman–Crippen MR) is 70.4 cm³/mol. The molecular weight excluding hydrogens is 228 g/mol. The molecule has 0 aromatic carbocycles. The van der Waals surface area contributed by atoms with Crippen molar-refractivity contribution in [2.24, 2.45) is 17.6 Å². The van der Waals surface area contributed by atoms with Gasteiger partial charge < -0.3 is 15.2 Å². The standard InChI is InChI=1S/C14H26N2O2/c1-10-4-12(15)2-3-14(10)18-7-11-5-16(6-11)13-8-17-9-13/h10-14H,2-9,15H2,1H3. The van der Waals surface area contributed by atoms with Crippen molar-refractivity contribution >= 4 is 0 Å². The van der Waals surface area contributed by atoms with E-state index < -0.39 is 0 Å². The van der Waals surface area contributed by atoms with Crippen LogP contribution in [0.3, 0.4) is 0 Å². The molecule has 4 nitrogen and oxygen atoms in total. The van der Waals surface area contributed by atoms with Gasteiger partial charge in [0.2, 0.25) is 0 Å². The Morgan fingerprint density at radius 3 is 2.67 bits per heavy atom. The molecule has 2 heterocycles. The summed E-state index contributed by atoms with van der Waals surface area (Å²) in [7, 11) is 0. The molecule has 0 aromatic rings. The van der Waals surface area contributed by atoms with Gasteiger partial charge in [-0.05, 0) is 25.2 Å². The van der Waals surface area contributed by atoms with Crippen molar-refractivity contribution in [1.29, 1.82) is 0 Å². The summed E-state index contributed by atoms with van der Waals surface area (Å²) in [5, 5.41) is 0. The summed E-state index contributed by atoms with van der Waals surface area (Å²) in [6.45, 7) is 7.50. The van der Waals surface area contributed by atoms with Gasteiger partial charge in [0.1, 0.15) is 0 Å². The minimum atomic E-state index is 0.401. The van der Waals surface area contributed by atoms with Crippen LogP contribution in [-0.2, 0) is 9.47 Å². The topological polar surface area (TPSA) is 47.7 Å². The summed E-state index contributed by atoms with van der Waals surface area (Å²) in [5.74, 6) is 1.37. The zero-order valence-electron chi connectivity index (χ0n) is 11.4. The first-order chi connectivity index (χ1) is 8.72. The van der Waals surface area contributed by atoms with Gasteiger partial charge in [0.15, 0.2) is 0 Å². The van der Waals surface area contributed by atoms with E-state index in [1.54, 1.807) is 0 Å². The monoisotopic (exact) mass is 254 g/mol. The van der Waals surface area contributed by atoms with Gasteiger partial charge in [-0.2, -0.15) is 0 Å². The van der Waals surface area contributed by atoms with Crippen LogP contribution in [-0.4, -0.2) is 56.0 Å². The summed E-state index contributed by atoms with van der Waals surface area (Å²) in [5.41, 5.74) is 5.98. The Morgan fingerprint density at radius 1 is 1.28 bits per heavy atom. The van der Waals surface area contributed by atoms with Crippen LogP contribution in [0.25, 0.3) is 0 Å². The zero-order chi connectivity index (χ0) is 12.5. The second-order valence-corrected chi connectivity index (χ2v) is 6.43. The number of nitrogens with zero attached hydrogens (tertiary/aromatic N) is 1. The first kappa shape index (κ1) is 12.9. The zero-order valence-corrected chi connectivity index (χ0v) is 11.4. The molecule has 2 N–H and O–H groups in total. The average Bonchev–Trinajstić information content (AvgIpc) is 2.20. The molecule has 3 aliphatic rings. The SMILES string of the molecule is CC1CC(N)CCC1OCC1CN(C2COC2)C1. The molecule has 1 saturated carbocycles. The lowest BCUT2D eigenvalue weighted by atomic mass is 9.85. The maximum atomic E-state index is 6.11. The average molecular weight is 254 g/mol. The van der Waals surface area contributed by atoms with Crippen molar-refractivity contribution in [3.63, 3.8) is 0 Å². The van der Waals surface area contributed by atoms with Gasteiger partial charge in [-0.1, -0.05) is 6.92 Å². The maximum Gasteiger partial charge on any atom is 0.0645 e. The van der Waals surface area contributed by atoms with Gasteiger partial charge >= 0.3 is 0 Å². The molecule has 0 bridgehead atoms. The molecular formula is C14H26N2O2. The van der Waals surface area contributed by atoms with Crippen LogP contribution >= 0.6 is 0 Å². The van der Waals surface area contributed by atoms with Crippen molar-refractivity contribution in [2.45, 2.75) is 44.4 Å². The molecule has 0 radical (unpaired) electrons. The smallest absolute Gasteiger partial charge is 0.0645 e. The van der Waals surface area contributed by atoms with Crippen LogP contribution in [0, 0.1) is 11.8 Å². The van der Waals surface area contributed by atoms with E-state index in [1.165, 1.54) is 13.1 Å². The van der Waals surface area contributed by atoms with Gasteiger partial charge in [-0.25, -0.2) is 0 Å². The molecule has 3 rings (SSSR count). The van der Waals surface area contributed by atoms with E-state index in [0.29, 0.717) is 24.1 Å². The maximum absolute atomic E-state index is 6.11. The lowest BCUT2D eigenvalue weighted by Gasteiger charge is -2.47. The highest BCUT2D eigenvalue weighted by molar-refractivity contribution is 4.89. The van der Waals surface area contributed by atoms with Crippen molar-refractivity contribution in [2.75, 3.05) is 32.9 Å². The first-order valence-electron chi connectivity index (χ1n) is 7.41. The third-order valence-electron chi connectivity index (χ3n) is 4.80. The van der Waals surface area contributed by atoms with Crippen molar-refractivity contribution in [1.82, 2.24) is 4.90 Å². The number of rotatable bonds is 4. The minimum absolute atomic E-state index is 0.401. The molecule has 4 heteroatoms. The molecule has 0 spiro atoms. The summed E-state index contributed by atoms with van der Waals surface area (Å²) in [4.78, 5) is 2.53. The van der Waals surface area contributed by atoms with Gasteiger partial charge in [0, 0.05) is 25.0 Å². The third-order valence-corrected chi connectivity index (χ3v) is 4.80. The summed E-state index contributed by atoms with van der Waals surface area (Å²) < 4.78 is 11.3. The predicted octanol–water partition coefficient (Wildman–Crippen LogP) is 0.850. The quantitative estimate of drug-likeness (QED) is 0.808. The van der Waals surface area contributed by atoms with E-state index in [2.05, 4.69) is 11.8 Å². The largest absolute Gasteiger partial charge is 0.378 e. The fourth-order valence-electron chi connectivity index (χ4n) is 3.36. The molecule has 2 aliphatic heterocycles. The lowest BCUT2D eigenvalue weighted by molar-refractivity contribution is -0.121. The molecule has 3 unspecified atom stereocenters. The van der Waals surface area contributed by atoms with Crippen LogP contribution in [0.4, 0.5) is 0 Å². The highest BCUT2D eigenvalue weighted by atomic mass is 16.5. The molecule has 104 valence electrons. The number of ether oxygens (including phenoxy) is 2. The van der Waals surface area contributed by atoms with Crippen molar-refractivity contribution in [3.8, 4) is 0 Å². The lowest BCUT2D eigenvalue weighted by Crippen LogP contribution is -2.60. The second-order valence-electron chi connectivity index (χ2n) is 6.43. The number of hydrogen-bond acceptors (Lipinski definition) is 4. The molecule has 0 aromatic heterocycles. The van der Waals surface area contributed by atoms with Gasteiger partial charge in [0.25, 0.3) is 0 Å². The van der Waals surface area contributed by atoms with E-state index in [-0.39, 0.29) is 0 Å². The van der Waals surface area contributed by atoms with Gasteiger partial charge in [-0.3, -0.25) is 4.90 Å². The van der Waals surface area contributed by atoms with Crippen LogP contribution in [0.15, 0.2) is 0 Å². The summed E-state index contributed by atoms with van der Waals surface area (Å²) in [6, 6.07) is 1.10. The Bertz CT molecular complexity index is 277. The third kappa shape index (κ3) is 2.72. The highest BCUT2D eigenvalue weighted by Gasteiger charge is 2.36. The van der Waals surface area contributed by atoms with E-state index in [0.717, 1.165) is 45.0 Å². The number of hydrogen-bond donors (Lipinski definition) is 1. The number of nitrogens with two attached hydrogens (primary N) is 1. The molecule has 1 aliphatic carbocycles. The van der Waals surface area contributed by atoms with E-state index >= 15 is 0 Å². The normalized spacial score (nSPS) is 39.3. The Hall–Kier alpha value is -0.160. The van der Waals surface area contributed by atoms with Crippen LogP contribution in [0.2, 0.25) is 0 Å². The highest BCUT2D eigenvalue weighted by Crippen LogP contribution is 2.28. The Kier molecular flexibility index (Phi) is 3.89. The Balaban J connectivity index is 1.33. The molecule has 18 heavy (non-hydrogen) atoms. The van der Waals surface area contributed by atoms with Crippen molar-refractivity contribution < 1.29 is 9.47 Å². The Labute approximate surface area is 110 Å². The van der Waals surface area contributed by atoms with Crippen LogP contribution in [0.5, 0.6) is 0 Å². The first-order valence-corrected chi connectivity index (χ1v) is 7.41. The fraction of sp³-hybridized carbons (Fsp3) is 1.00. The van der Waals surface area contributed by atoms with Crippen molar-refractivity contribution in [3.05, 3.63) is 0 Å². The summed E-state index contributed by atoms with van der Waals surface area (Å²) >= 11 is 0. The molecule has 3 atom stereocenters. The Morgan fingerprint density at radius 2 is 2.06 bits per heavy atom. The van der Waals surface area contributed by atoms with Crippen LogP contribution in [0.1, 0.15) is 26.2 Å². The number of likely N-dealkylation sites (tertiary alicyclic amines) is 1.